The maximum atomic E-state index is 12.6. The van der Waals surface area contributed by atoms with Crippen molar-refractivity contribution in [2.24, 2.45) is 0 Å². The predicted molar refractivity (Wildman–Crippen MR) is 70.0 cm³/mol. The molecule has 0 aromatic heterocycles. The van der Waals surface area contributed by atoms with Crippen LogP contribution in [0.4, 0.5) is 14.4 Å². The molecule has 19 heavy (non-hydrogen) atoms. The number of benzene rings is 1. The van der Waals surface area contributed by atoms with E-state index in [1.165, 1.54) is 18.2 Å². The first-order valence-electron chi connectivity index (χ1n) is 5.56. The summed E-state index contributed by atoms with van der Waals surface area (Å²) in [6.45, 7) is 5.16. The van der Waals surface area contributed by atoms with Gasteiger partial charge in [0.25, 0.3) is 0 Å². The normalized spacial score (nSPS) is 12.0. The summed E-state index contributed by atoms with van der Waals surface area (Å²) in [6.07, 6.45) is -0.659. The van der Waals surface area contributed by atoms with E-state index in [1.807, 2.05) is 0 Å². The van der Waals surface area contributed by atoms with E-state index in [2.05, 4.69) is 5.32 Å². The van der Waals surface area contributed by atoms with E-state index < -0.39 is 27.7 Å². The molecule has 0 heterocycles. The Morgan fingerprint density at radius 3 is 2.53 bits per heavy atom. The highest BCUT2D eigenvalue weighted by atomic mass is 32.3. The van der Waals surface area contributed by atoms with Gasteiger partial charge in [0.1, 0.15) is 11.4 Å². The molecule has 1 amide bonds. The number of nitrogens with one attached hydrogen (secondary N) is 1. The summed E-state index contributed by atoms with van der Waals surface area (Å²) in [4.78, 5) is 11.5. The molecular formula is C12H16FNO4S. The Morgan fingerprint density at radius 1 is 1.37 bits per heavy atom. The van der Waals surface area contributed by atoms with Crippen LogP contribution in [0.1, 0.15) is 26.3 Å². The second kappa shape index (κ2) is 5.56. The van der Waals surface area contributed by atoms with Crippen LogP contribution in [0.25, 0.3) is 0 Å². The summed E-state index contributed by atoms with van der Waals surface area (Å²) in [7, 11) is -4.60. The predicted octanol–water partition coefficient (Wildman–Crippen LogP) is 2.83. The van der Waals surface area contributed by atoms with Gasteiger partial charge in [-0.2, -0.15) is 8.42 Å². The Labute approximate surface area is 112 Å². The lowest BCUT2D eigenvalue weighted by Gasteiger charge is -2.19. The zero-order valence-electron chi connectivity index (χ0n) is 10.9. The Kier molecular flexibility index (Phi) is 4.52. The molecule has 0 fully saturated rings. The van der Waals surface area contributed by atoms with Crippen LogP contribution in [0.5, 0.6) is 0 Å². The minimum Gasteiger partial charge on any atom is -0.444 e. The number of halogens is 1. The second-order valence-corrected chi connectivity index (χ2v) is 6.38. The number of rotatable bonds is 3. The van der Waals surface area contributed by atoms with E-state index in [0.29, 0.717) is 5.69 Å². The first kappa shape index (κ1) is 15.4. The van der Waals surface area contributed by atoms with Gasteiger partial charge in [0.15, 0.2) is 0 Å². The summed E-state index contributed by atoms with van der Waals surface area (Å²) < 4.78 is 38.7. The van der Waals surface area contributed by atoms with Crippen LogP contribution < -0.4 is 5.32 Å². The maximum Gasteiger partial charge on any atom is 0.412 e. The quantitative estimate of drug-likeness (QED) is 0.868. The standard InChI is InChI=1S/C12H16FNO4S/c1-12(2,3)18-11(15)14-10-6-4-5-9(7-10)8-19(13,16)17/h4-7H,8H2,1-3H3,(H,14,15). The van der Waals surface area contributed by atoms with E-state index in [1.54, 1.807) is 26.8 Å². The number of carbonyl (C=O) groups excluding carboxylic acids is 1. The summed E-state index contributed by atoms with van der Waals surface area (Å²) in [5.41, 5.74) is -0.0456. The second-order valence-electron chi connectivity index (χ2n) is 5.01. The molecule has 1 N–H and O–H groups in total. The third-order valence-corrected chi connectivity index (χ3v) is 2.59. The first-order valence-corrected chi connectivity index (χ1v) is 7.12. The molecule has 0 saturated heterocycles. The maximum absolute atomic E-state index is 12.6. The van der Waals surface area contributed by atoms with Gasteiger partial charge < -0.3 is 4.74 Å². The van der Waals surface area contributed by atoms with Crippen LogP contribution in [0.15, 0.2) is 24.3 Å². The minimum absolute atomic E-state index is 0.246. The summed E-state index contributed by atoms with van der Waals surface area (Å²) in [5, 5.41) is 2.45. The topological polar surface area (TPSA) is 72.5 Å². The molecule has 0 unspecified atom stereocenters. The summed E-state index contributed by atoms with van der Waals surface area (Å²) >= 11 is 0. The molecular weight excluding hydrogens is 273 g/mol. The number of hydrogen-bond acceptors (Lipinski definition) is 4. The van der Waals surface area contributed by atoms with E-state index in [9.17, 15) is 17.1 Å². The number of hydrogen-bond donors (Lipinski definition) is 1. The Bertz CT molecular complexity index is 563. The average molecular weight is 289 g/mol. The van der Waals surface area contributed by atoms with Crippen molar-refractivity contribution >= 4 is 22.0 Å². The highest BCUT2D eigenvalue weighted by Gasteiger charge is 2.16. The molecule has 0 radical (unpaired) electrons. The van der Waals surface area contributed by atoms with Crippen molar-refractivity contribution < 1.29 is 21.8 Å². The van der Waals surface area contributed by atoms with Gasteiger partial charge in [-0.1, -0.05) is 12.1 Å². The minimum atomic E-state index is -4.60. The molecule has 0 aliphatic carbocycles. The molecule has 7 heteroatoms. The molecule has 106 valence electrons. The van der Waals surface area contributed by atoms with Crippen molar-refractivity contribution in [3.8, 4) is 0 Å². The van der Waals surface area contributed by atoms with Crippen LogP contribution in [0.2, 0.25) is 0 Å². The Balaban J connectivity index is 2.75. The van der Waals surface area contributed by atoms with E-state index in [0.717, 1.165) is 0 Å². The highest BCUT2D eigenvalue weighted by Crippen LogP contribution is 2.15. The van der Waals surface area contributed by atoms with Crippen molar-refractivity contribution in [3.63, 3.8) is 0 Å². The van der Waals surface area contributed by atoms with Gasteiger partial charge in [-0.05, 0) is 38.5 Å². The van der Waals surface area contributed by atoms with Crippen LogP contribution in [-0.2, 0) is 20.7 Å². The smallest absolute Gasteiger partial charge is 0.412 e. The fraction of sp³-hybridized carbons (Fsp3) is 0.417. The van der Waals surface area contributed by atoms with Crippen LogP contribution in [-0.4, -0.2) is 20.1 Å². The lowest BCUT2D eigenvalue weighted by molar-refractivity contribution is 0.0636. The zero-order chi connectivity index (χ0) is 14.7. The molecule has 0 spiro atoms. The van der Waals surface area contributed by atoms with Gasteiger partial charge in [0.2, 0.25) is 0 Å². The lowest BCUT2D eigenvalue weighted by atomic mass is 10.2. The van der Waals surface area contributed by atoms with Crippen molar-refractivity contribution in [3.05, 3.63) is 29.8 Å². The molecule has 0 atom stereocenters. The largest absolute Gasteiger partial charge is 0.444 e. The van der Waals surface area contributed by atoms with Crippen molar-refractivity contribution in [2.75, 3.05) is 5.32 Å². The third-order valence-electron chi connectivity index (χ3n) is 1.91. The van der Waals surface area contributed by atoms with Gasteiger partial charge in [0.05, 0.1) is 0 Å². The molecule has 1 aromatic rings. The third kappa shape index (κ3) is 6.76. The van der Waals surface area contributed by atoms with Crippen LogP contribution in [0, 0.1) is 0 Å². The Morgan fingerprint density at radius 2 is 2.00 bits per heavy atom. The van der Waals surface area contributed by atoms with E-state index in [4.69, 9.17) is 4.74 Å². The van der Waals surface area contributed by atoms with Crippen molar-refractivity contribution in [1.82, 2.24) is 0 Å². The van der Waals surface area contributed by atoms with Crippen LogP contribution >= 0.6 is 0 Å². The summed E-state index contributed by atoms with van der Waals surface area (Å²) in [6, 6.07) is 5.91. The molecule has 0 aliphatic heterocycles. The van der Waals surface area contributed by atoms with Crippen molar-refractivity contribution in [1.29, 1.82) is 0 Å². The average Bonchev–Trinajstić information content (AvgIpc) is 2.11. The van der Waals surface area contributed by atoms with Crippen molar-refractivity contribution in [2.45, 2.75) is 32.1 Å². The molecule has 0 aliphatic rings. The zero-order valence-corrected chi connectivity index (χ0v) is 11.8. The highest BCUT2D eigenvalue weighted by molar-refractivity contribution is 7.85. The molecule has 0 bridgehead atoms. The monoisotopic (exact) mass is 289 g/mol. The van der Waals surface area contributed by atoms with Gasteiger partial charge in [-0.15, -0.1) is 3.89 Å². The molecule has 5 nitrogen and oxygen atoms in total. The number of ether oxygens (including phenoxy) is 1. The van der Waals surface area contributed by atoms with E-state index >= 15 is 0 Å². The number of anilines is 1. The SMILES string of the molecule is CC(C)(C)OC(=O)Nc1cccc(CS(=O)(=O)F)c1. The number of amides is 1. The lowest BCUT2D eigenvalue weighted by Crippen LogP contribution is -2.27. The van der Waals surface area contributed by atoms with Gasteiger partial charge in [-0.3, -0.25) is 5.32 Å². The summed E-state index contributed by atoms with van der Waals surface area (Å²) in [5.74, 6) is -0.725. The molecule has 1 rings (SSSR count). The van der Waals surface area contributed by atoms with Gasteiger partial charge in [-0.25, -0.2) is 4.79 Å². The molecule has 0 saturated carbocycles. The first-order chi connectivity index (χ1) is 8.55. The van der Waals surface area contributed by atoms with Crippen LogP contribution in [0.3, 0.4) is 0 Å². The van der Waals surface area contributed by atoms with E-state index in [-0.39, 0.29) is 5.56 Å². The molecule has 1 aromatic carbocycles. The van der Waals surface area contributed by atoms with Gasteiger partial charge >= 0.3 is 16.3 Å². The number of carbonyl (C=O) groups is 1. The fourth-order valence-corrected chi connectivity index (χ4v) is 1.94. The Hall–Kier alpha value is -1.63. The fourth-order valence-electron chi connectivity index (χ4n) is 1.36. The van der Waals surface area contributed by atoms with Gasteiger partial charge in [0, 0.05) is 5.69 Å².